The molecule has 116 valence electrons. The first-order chi connectivity index (χ1) is 10.3. The number of carbonyl (C=O) groups excluding carboxylic acids is 4. The minimum absolute atomic E-state index is 0.167. The maximum absolute atomic E-state index is 11.7. The van der Waals surface area contributed by atoms with Crippen LogP contribution in [-0.2, 0) is 30.4 Å². The SMILES string of the molecule is CC(=O)Oc1ccc(CC(=O)O[N+]2(O)C(=O)CCC2=O)cc1. The van der Waals surface area contributed by atoms with E-state index in [2.05, 4.69) is 4.84 Å². The molecule has 0 spiro atoms. The van der Waals surface area contributed by atoms with Crippen LogP contribution in [0.4, 0.5) is 0 Å². The molecule has 1 aliphatic heterocycles. The lowest BCUT2D eigenvalue weighted by Crippen LogP contribution is -2.50. The number of amides is 2. The average molecular weight is 308 g/mol. The van der Waals surface area contributed by atoms with Gasteiger partial charge in [0.05, 0.1) is 19.3 Å². The number of imide groups is 1. The van der Waals surface area contributed by atoms with Gasteiger partial charge < -0.3 is 4.74 Å². The number of rotatable bonds is 4. The number of ether oxygens (including phenoxy) is 1. The molecule has 1 heterocycles. The van der Waals surface area contributed by atoms with Crippen LogP contribution in [0.15, 0.2) is 24.3 Å². The Labute approximate surface area is 125 Å². The predicted octanol–water partition coefficient (Wildman–Crippen LogP) is 0.666. The summed E-state index contributed by atoms with van der Waals surface area (Å²) in [5.74, 6) is -2.82. The predicted molar refractivity (Wildman–Crippen MR) is 68.8 cm³/mol. The molecule has 2 amide bonds. The molecule has 1 saturated heterocycles. The van der Waals surface area contributed by atoms with Gasteiger partial charge in [0.1, 0.15) is 10.6 Å². The van der Waals surface area contributed by atoms with Gasteiger partial charge in [-0.3, -0.25) is 4.79 Å². The number of carbonyl (C=O) groups is 4. The third kappa shape index (κ3) is 3.35. The van der Waals surface area contributed by atoms with E-state index in [0.29, 0.717) is 11.3 Å². The van der Waals surface area contributed by atoms with E-state index in [1.54, 1.807) is 0 Å². The maximum atomic E-state index is 11.7. The Bertz CT molecular complexity index is 619. The van der Waals surface area contributed by atoms with Gasteiger partial charge in [0.15, 0.2) is 0 Å². The topological polar surface area (TPSA) is 107 Å². The monoisotopic (exact) mass is 308 g/mol. The number of hydrogen-bond donors (Lipinski definition) is 1. The van der Waals surface area contributed by atoms with Crippen molar-refractivity contribution < 1.29 is 38.8 Å². The first-order valence-electron chi connectivity index (χ1n) is 6.49. The third-order valence-electron chi connectivity index (χ3n) is 3.00. The number of hydroxylamine groups is 4. The van der Waals surface area contributed by atoms with Crippen LogP contribution in [0.1, 0.15) is 25.3 Å². The van der Waals surface area contributed by atoms with Crippen LogP contribution in [0.3, 0.4) is 0 Å². The Morgan fingerprint density at radius 3 is 2.18 bits per heavy atom. The van der Waals surface area contributed by atoms with Crippen molar-refractivity contribution in [3.63, 3.8) is 0 Å². The molecule has 0 radical (unpaired) electrons. The zero-order valence-electron chi connectivity index (χ0n) is 11.8. The Balaban J connectivity index is 1.99. The number of hydrogen-bond acceptors (Lipinski definition) is 7. The van der Waals surface area contributed by atoms with Gasteiger partial charge in [-0.1, -0.05) is 12.1 Å². The van der Waals surface area contributed by atoms with Gasteiger partial charge in [-0.05, 0) is 17.7 Å². The van der Waals surface area contributed by atoms with Crippen molar-refractivity contribution in [3.05, 3.63) is 29.8 Å². The van der Waals surface area contributed by atoms with Gasteiger partial charge in [0.2, 0.25) is 0 Å². The summed E-state index contributed by atoms with van der Waals surface area (Å²) in [6.07, 6.45) is -0.582. The van der Waals surface area contributed by atoms with E-state index < -0.39 is 28.6 Å². The quantitative estimate of drug-likeness (QED) is 0.286. The van der Waals surface area contributed by atoms with Crippen LogP contribution in [0, 0.1) is 0 Å². The highest BCUT2D eigenvalue weighted by molar-refractivity contribution is 5.91. The van der Waals surface area contributed by atoms with Crippen LogP contribution in [-0.4, -0.2) is 33.8 Å². The molecule has 0 unspecified atom stereocenters. The molecule has 0 atom stereocenters. The highest BCUT2D eigenvalue weighted by Crippen LogP contribution is 2.21. The summed E-state index contributed by atoms with van der Waals surface area (Å²) >= 11 is 0. The fourth-order valence-corrected chi connectivity index (χ4v) is 1.95. The normalized spacial score (nSPS) is 16.5. The first-order valence-corrected chi connectivity index (χ1v) is 6.49. The van der Waals surface area contributed by atoms with E-state index in [0.717, 1.165) is 0 Å². The van der Waals surface area contributed by atoms with Gasteiger partial charge in [-0.15, -0.1) is 0 Å². The second-order valence-corrected chi connectivity index (χ2v) is 4.74. The molecule has 22 heavy (non-hydrogen) atoms. The average Bonchev–Trinajstić information content (AvgIpc) is 2.68. The summed E-state index contributed by atoms with van der Waals surface area (Å²) in [5.41, 5.74) is 0.506. The first kappa shape index (κ1) is 15.8. The smallest absolute Gasteiger partial charge is 0.397 e. The number of esters is 1. The largest absolute Gasteiger partial charge is 0.427 e. The third-order valence-corrected chi connectivity index (χ3v) is 3.00. The van der Waals surface area contributed by atoms with E-state index >= 15 is 0 Å². The van der Waals surface area contributed by atoms with Crippen molar-refractivity contribution >= 4 is 23.8 Å². The number of benzene rings is 1. The summed E-state index contributed by atoms with van der Waals surface area (Å²) in [6, 6.07) is 6.02. The van der Waals surface area contributed by atoms with Crippen molar-refractivity contribution in [3.8, 4) is 5.75 Å². The fourth-order valence-electron chi connectivity index (χ4n) is 1.95. The lowest BCUT2D eigenvalue weighted by Gasteiger charge is -2.15. The molecule has 1 aliphatic rings. The molecule has 2 rings (SSSR count). The number of quaternary nitrogens is 1. The maximum Gasteiger partial charge on any atom is 0.397 e. The zero-order valence-corrected chi connectivity index (χ0v) is 11.8. The molecule has 1 aromatic carbocycles. The van der Waals surface area contributed by atoms with E-state index in [9.17, 15) is 24.4 Å². The van der Waals surface area contributed by atoms with Crippen LogP contribution < -0.4 is 4.74 Å². The molecule has 1 aromatic rings. The van der Waals surface area contributed by atoms with Gasteiger partial charge in [0, 0.05) is 6.92 Å². The Morgan fingerprint density at radius 1 is 1.14 bits per heavy atom. The minimum Gasteiger partial charge on any atom is -0.427 e. The van der Waals surface area contributed by atoms with Crippen molar-refractivity contribution in [1.82, 2.24) is 0 Å². The van der Waals surface area contributed by atoms with E-state index in [1.807, 2.05) is 0 Å². The molecule has 0 aromatic heterocycles. The van der Waals surface area contributed by atoms with Gasteiger partial charge in [-0.2, -0.15) is 5.21 Å². The minimum atomic E-state index is -1.93. The van der Waals surface area contributed by atoms with Gasteiger partial charge in [0.25, 0.3) is 0 Å². The lowest BCUT2D eigenvalue weighted by molar-refractivity contribution is -1.12. The molecule has 0 bridgehead atoms. The van der Waals surface area contributed by atoms with Crippen molar-refractivity contribution in [2.75, 3.05) is 0 Å². The Hall–Kier alpha value is -2.58. The van der Waals surface area contributed by atoms with Crippen LogP contribution in [0.5, 0.6) is 5.75 Å². The van der Waals surface area contributed by atoms with Crippen LogP contribution >= 0.6 is 0 Å². The molecule has 8 heteroatoms. The van der Waals surface area contributed by atoms with Crippen molar-refractivity contribution in [2.45, 2.75) is 26.2 Å². The van der Waals surface area contributed by atoms with Gasteiger partial charge in [-0.25, -0.2) is 19.2 Å². The van der Waals surface area contributed by atoms with Crippen LogP contribution in [0.2, 0.25) is 0 Å². The summed E-state index contributed by atoms with van der Waals surface area (Å²) in [5, 5.41) is 9.76. The molecule has 1 N–H and O–H groups in total. The zero-order chi connectivity index (χ0) is 16.3. The molecule has 8 nitrogen and oxygen atoms in total. The molecule has 1 fully saturated rings. The standard InChI is InChI=1S/C14H14NO7/c1-9(16)21-11-4-2-10(3-5-11)8-14(19)22-15(20)12(17)6-7-13(15)18/h2-5,20H,6-8H2,1H3/q+1. The molecular formula is C14H14NO7+. The molecule has 0 saturated carbocycles. The Morgan fingerprint density at radius 2 is 1.68 bits per heavy atom. The van der Waals surface area contributed by atoms with Crippen LogP contribution in [0.25, 0.3) is 0 Å². The lowest BCUT2D eigenvalue weighted by atomic mass is 10.1. The number of nitrogens with zero attached hydrogens (tertiary/aromatic N) is 1. The molecular weight excluding hydrogens is 294 g/mol. The van der Waals surface area contributed by atoms with E-state index in [4.69, 9.17) is 4.74 Å². The summed E-state index contributed by atoms with van der Waals surface area (Å²) in [6.45, 7) is 1.26. The van der Waals surface area contributed by atoms with E-state index in [-0.39, 0.29) is 19.3 Å². The summed E-state index contributed by atoms with van der Waals surface area (Å²) < 4.78 is 4.84. The summed E-state index contributed by atoms with van der Waals surface area (Å²) in [7, 11) is 0. The summed E-state index contributed by atoms with van der Waals surface area (Å²) in [4.78, 5) is 48.0. The van der Waals surface area contributed by atoms with Crippen molar-refractivity contribution in [1.29, 1.82) is 0 Å². The van der Waals surface area contributed by atoms with Crippen molar-refractivity contribution in [2.24, 2.45) is 0 Å². The second kappa shape index (κ2) is 6.04. The second-order valence-electron chi connectivity index (χ2n) is 4.74. The highest BCUT2D eigenvalue weighted by Gasteiger charge is 2.55. The highest BCUT2D eigenvalue weighted by atomic mass is 17.0. The Kier molecular flexibility index (Phi) is 4.34. The molecule has 0 aliphatic carbocycles. The van der Waals surface area contributed by atoms with Gasteiger partial charge >= 0.3 is 23.8 Å². The fraction of sp³-hybridized carbons (Fsp3) is 0.286. The van der Waals surface area contributed by atoms with E-state index in [1.165, 1.54) is 31.2 Å².